The lowest BCUT2D eigenvalue weighted by Crippen LogP contribution is -2.38. The van der Waals surface area contributed by atoms with E-state index in [-0.39, 0.29) is 19.4 Å². The first-order valence-electron chi connectivity index (χ1n) is 7.55. The van der Waals surface area contributed by atoms with Gasteiger partial charge in [0.25, 0.3) is 0 Å². The van der Waals surface area contributed by atoms with E-state index in [2.05, 4.69) is 5.32 Å². The number of hydrogen-bond donors (Lipinski definition) is 2. The van der Waals surface area contributed by atoms with Gasteiger partial charge < -0.3 is 10.4 Å². The lowest BCUT2D eigenvalue weighted by Gasteiger charge is -2.30. The highest BCUT2D eigenvalue weighted by Crippen LogP contribution is 2.39. The van der Waals surface area contributed by atoms with Crippen LogP contribution in [0.5, 0.6) is 0 Å². The maximum absolute atomic E-state index is 12.8. The fourth-order valence-corrected chi connectivity index (χ4v) is 3.00. The fraction of sp³-hybridized carbons (Fsp3) is 0.562. The Kier molecular flexibility index (Phi) is 5.92. The van der Waals surface area contributed by atoms with Gasteiger partial charge in [-0.2, -0.15) is 13.2 Å². The summed E-state index contributed by atoms with van der Waals surface area (Å²) in [7, 11) is 0. The van der Waals surface area contributed by atoms with Crippen molar-refractivity contribution in [2.75, 3.05) is 6.54 Å². The summed E-state index contributed by atoms with van der Waals surface area (Å²) in [5, 5.41) is 13.1. The van der Waals surface area contributed by atoms with Gasteiger partial charge in [-0.1, -0.05) is 30.2 Å². The second-order valence-corrected chi connectivity index (χ2v) is 6.35. The zero-order chi connectivity index (χ0) is 17.0. The third kappa shape index (κ3) is 5.11. The average Bonchev–Trinajstić information content (AvgIpc) is 2.52. The summed E-state index contributed by atoms with van der Waals surface area (Å²) in [5.41, 5.74) is 0.589. The lowest BCUT2D eigenvalue weighted by molar-refractivity contribution is -0.186. The van der Waals surface area contributed by atoms with Gasteiger partial charge in [-0.3, -0.25) is 4.79 Å². The van der Waals surface area contributed by atoms with Gasteiger partial charge in [0.1, 0.15) is 0 Å². The van der Waals surface area contributed by atoms with Crippen LogP contribution < -0.4 is 5.32 Å². The number of amides is 1. The summed E-state index contributed by atoms with van der Waals surface area (Å²) in [4.78, 5) is 12.0. The second kappa shape index (κ2) is 7.53. The van der Waals surface area contributed by atoms with Crippen LogP contribution in [0, 0.1) is 11.8 Å². The highest BCUT2D eigenvalue weighted by Gasteiger charge is 2.43. The highest BCUT2D eigenvalue weighted by molar-refractivity contribution is 6.30. The molecule has 1 amide bonds. The molecule has 0 heterocycles. The number of aliphatic hydroxyl groups is 1. The Labute approximate surface area is 137 Å². The molecule has 0 spiro atoms. The Hall–Kier alpha value is -1.27. The van der Waals surface area contributed by atoms with Gasteiger partial charge in [0, 0.05) is 17.5 Å². The van der Waals surface area contributed by atoms with Crippen LogP contribution in [0.3, 0.4) is 0 Å². The number of benzene rings is 1. The van der Waals surface area contributed by atoms with E-state index in [1.165, 1.54) is 0 Å². The first kappa shape index (κ1) is 18.1. The zero-order valence-electron chi connectivity index (χ0n) is 12.4. The van der Waals surface area contributed by atoms with E-state index >= 15 is 0 Å². The van der Waals surface area contributed by atoms with Crippen LogP contribution in [-0.2, 0) is 4.79 Å². The predicted octanol–water partition coefficient (Wildman–Crippen LogP) is 3.86. The number of aliphatic hydroxyl groups excluding tert-OH is 1. The first-order chi connectivity index (χ1) is 10.8. The maximum Gasteiger partial charge on any atom is 0.391 e. The quantitative estimate of drug-likeness (QED) is 0.867. The van der Waals surface area contributed by atoms with Gasteiger partial charge in [-0.05, 0) is 37.0 Å². The van der Waals surface area contributed by atoms with Gasteiger partial charge in [-0.15, -0.1) is 0 Å². The van der Waals surface area contributed by atoms with E-state index in [1.807, 2.05) is 0 Å². The van der Waals surface area contributed by atoms with Crippen molar-refractivity contribution in [3.05, 3.63) is 34.9 Å². The Morgan fingerprint density at radius 2 is 1.96 bits per heavy atom. The third-order valence-corrected chi connectivity index (χ3v) is 4.48. The van der Waals surface area contributed by atoms with Crippen molar-refractivity contribution in [2.24, 2.45) is 11.8 Å². The number of carbonyl (C=O) groups excluding carboxylic acids is 1. The smallest absolute Gasteiger partial charge is 0.387 e. The molecule has 0 radical (unpaired) electrons. The van der Waals surface area contributed by atoms with Gasteiger partial charge >= 0.3 is 6.18 Å². The molecule has 1 aliphatic rings. The van der Waals surface area contributed by atoms with Crippen molar-refractivity contribution < 1.29 is 23.1 Å². The van der Waals surface area contributed by atoms with Crippen LogP contribution >= 0.6 is 11.6 Å². The Morgan fingerprint density at radius 1 is 1.30 bits per heavy atom. The van der Waals surface area contributed by atoms with E-state index in [1.54, 1.807) is 24.3 Å². The van der Waals surface area contributed by atoms with Crippen LogP contribution in [0.4, 0.5) is 13.2 Å². The van der Waals surface area contributed by atoms with E-state index in [0.717, 1.165) is 0 Å². The summed E-state index contributed by atoms with van der Waals surface area (Å²) < 4.78 is 38.3. The minimum absolute atomic E-state index is 0.0341. The molecule has 0 saturated heterocycles. The molecule has 2 rings (SSSR count). The molecule has 1 aromatic carbocycles. The largest absolute Gasteiger partial charge is 0.391 e. The number of rotatable bonds is 4. The minimum atomic E-state index is -4.25. The maximum atomic E-state index is 12.8. The highest BCUT2D eigenvalue weighted by atomic mass is 35.5. The van der Waals surface area contributed by atoms with Crippen molar-refractivity contribution in [3.63, 3.8) is 0 Å². The zero-order valence-corrected chi connectivity index (χ0v) is 13.2. The molecule has 1 saturated carbocycles. The first-order valence-corrected chi connectivity index (χ1v) is 7.93. The lowest BCUT2D eigenvalue weighted by atomic mass is 9.80. The molecule has 7 heteroatoms. The van der Waals surface area contributed by atoms with Crippen molar-refractivity contribution in [1.82, 2.24) is 5.32 Å². The van der Waals surface area contributed by atoms with Crippen LogP contribution in [-0.4, -0.2) is 23.7 Å². The summed E-state index contributed by atoms with van der Waals surface area (Å²) in [5.74, 6) is -2.48. The third-order valence-electron chi connectivity index (χ3n) is 4.23. The molecule has 0 aliphatic heterocycles. The molecule has 0 bridgehead atoms. The molecule has 2 N–H and O–H groups in total. The van der Waals surface area contributed by atoms with Crippen molar-refractivity contribution in [1.29, 1.82) is 0 Å². The molecule has 3 nitrogen and oxygen atoms in total. The van der Waals surface area contributed by atoms with Crippen molar-refractivity contribution in [2.45, 2.75) is 38.0 Å². The van der Waals surface area contributed by atoms with Gasteiger partial charge in [0.2, 0.25) is 5.91 Å². The Balaban J connectivity index is 1.85. The van der Waals surface area contributed by atoms with E-state index < -0.39 is 30.0 Å². The van der Waals surface area contributed by atoms with Crippen molar-refractivity contribution >= 4 is 17.5 Å². The molecule has 3 atom stereocenters. The van der Waals surface area contributed by atoms with Gasteiger partial charge in [-0.25, -0.2) is 0 Å². The molecule has 128 valence electrons. The molecule has 1 aliphatic carbocycles. The summed E-state index contributed by atoms with van der Waals surface area (Å²) in [6.45, 7) is -0.0341. The summed E-state index contributed by atoms with van der Waals surface area (Å²) >= 11 is 5.75. The number of hydrogen-bond acceptors (Lipinski definition) is 2. The molecular weight excluding hydrogens is 331 g/mol. The van der Waals surface area contributed by atoms with Crippen molar-refractivity contribution in [3.8, 4) is 0 Å². The minimum Gasteiger partial charge on any atom is -0.387 e. The second-order valence-electron chi connectivity index (χ2n) is 5.91. The number of alkyl halides is 3. The van der Waals surface area contributed by atoms with Gasteiger partial charge in [0.15, 0.2) is 0 Å². The van der Waals surface area contributed by atoms with E-state index in [4.69, 9.17) is 11.6 Å². The van der Waals surface area contributed by atoms with Crippen LogP contribution in [0.15, 0.2) is 24.3 Å². The Morgan fingerprint density at radius 3 is 2.57 bits per heavy atom. The number of carbonyl (C=O) groups is 1. The molecule has 23 heavy (non-hydrogen) atoms. The molecular formula is C16H19ClF3NO2. The number of halogens is 4. The van der Waals surface area contributed by atoms with Crippen LogP contribution in [0.25, 0.3) is 0 Å². The van der Waals surface area contributed by atoms with Crippen LogP contribution in [0.1, 0.15) is 37.4 Å². The fourth-order valence-electron chi connectivity index (χ4n) is 2.87. The average molecular weight is 350 g/mol. The molecule has 1 aromatic rings. The summed E-state index contributed by atoms with van der Waals surface area (Å²) in [6, 6.07) is 6.52. The van der Waals surface area contributed by atoms with Gasteiger partial charge in [0.05, 0.1) is 12.0 Å². The Bertz CT molecular complexity index is 533. The topological polar surface area (TPSA) is 49.3 Å². The SMILES string of the molecule is O=C(NCC(O)c1ccc(Cl)cc1)C1CCCC(C(F)(F)F)C1. The standard InChI is InChI=1S/C16H19ClF3NO2/c17-13-6-4-10(5-7-13)14(22)9-21-15(23)11-2-1-3-12(8-11)16(18,19)20/h4-7,11-12,14,22H,1-3,8-9H2,(H,21,23). The van der Waals surface area contributed by atoms with E-state index in [9.17, 15) is 23.1 Å². The van der Waals surface area contributed by atoms with Crippen LogP contribution in [0.2, 0.25) is 5.02 Å². The van der Waals surface area contributed by atoms with E-state index in [0.29, 0.717) is 23.4 Å². The monoisotopic (exact) mass is 349 g/mol. The molecule has 1 fully saturated rings. The number of nitrogens with one attached hydrogen (secondary N) is 1. The normalized spacial score (nSPS) is 23.3. The molecule has 0 aromatic heterocycles. The summed E-state index contributed by atoms with van der Waals surface area (Å²) in [6.07, 6.45) is -4.41. The predicted molar refractivity (Wildman–Crippen MR) is 80.9 cm³/mol. The molecule has 3 unspecified atom stereocenters.